The highest BCUT2D eigenvalue weighted by atomic mass is 16.5. The van der Waals surface area contributed by atoms with E-state index < -0.39 is 5.97 Å². The zero-order valence-electron chi connectivity index (χ0n) is 16.6. The second kappa shape index (κ2) is 8.57. The normalized spacial score (nSPS) is 14.3. The van der Waals surface area contributed by atoms with Crippen molar-refractivity contribution in [1.29, 1.82) is 0 Å². The molecule has 0 aromatic heterocycles. The molecule has 4 rings (SSSR count). The van der Waals surface area contributed by atoms with Gasteiger partial charge in [0.1, 0.15) is 17.3 Å². The zero-order chi connectivity index (χ0) is 20.9. The molecule has 0 amide bonds. The van der Waals surface area contributed by atoms with Crippen LogP contribution in [0.1, 0.15) is 11.1 Å². The van der Waals surface area contributed by atoms with Crippen molar-refractivity contribution < 1.29 is 23.7 Å². The van der Waals surface area contributed by atoms with Gasteiger partial charge >= 0.3 is 5.97 Å². The van der Waals surface area contributed by atoms with E-state index in [9.17, 15) is 4.79 Å². The Bertz CT molecular complexity index is 1110. The Hall–Kier alpha value is -3.99. The number of carbonyl (C=O) groups is 1. The highest BCUT2D eigenvalue weighted by Gasteiger charge is 2.22. The van der Waals surface area contributed by atoms with Gasteiger partial charge in [0.05, 0.1) is 19.8 Å². The first-order valence-electron chi connectivity index (χ1n) is 9.37. The molecule has 30 heavy (non-hydrogen) atoms. The van der Waals surface area contributed by atoms with Gasteiger partial charge in [0.15, 0.2) is 11.5 Å². The lowest BCUT2D eigenvalue weighted by atomic mass is 10.1. The van der Waals surface area contributed by atoms with Crippen molar-refractivity contribution >= 4 is 17.8 Å². The maximum Gasteiger partial charge on any atom is 0.343 e. The predicted octanol–water partition coefficient (Wildman–Crippen LogP) is 5.48. The standard InChI is InChI=1S/C25H20O5/c1-27-22-13-8-17(15-24(22)28-2)14-19-16-23(30-25(19)26)18-9-11-21(12-10-18)29-20-6-4-3-5-7-20/h3-16H,1-2H3/b19-14+. The van der Waals surface area contributed by atoms with Crippen molar-refractivity contribution in [3.63, 3.8) is 0 Å². The van der Waals surface area contributed by atoms with E-state index in [0.717, 1.165) is 16.9 Å². The third-order valence-corrected chi connectivity index (χ3v) is 4.57. The molecule has 5 heteroatoms. The van der Waals surface area contributed by atoms with Gasteiger partial charge in [0, 0.05) is 5.56 Å². The summed E-state index contributed by atoms with van der Waals surface area (Å²) in [5.74, 6) is 2.79. The predicted molar refractivity (Wildman–Crippen MR) is 115 cm³/mol. The maximum absolute atomic E-state index is 12.3. The van der Waals surface area contributed by atoms with Crippen LogP contribution in [0.25, 0.3) is 11.8 Å². The van der Waals surface area contributed by atoms with Crippen LogP contribution in [-0.4, -0.2) is 20.2 Å². The van der Waals surface area contributed by atoms with Crippen LogP contribution in [0, 0.1) is 0 Å². The Labute approximate surface area is 174 Å². The Morgan fingerprint density at radius 1 is 0.800 bits per heavy atom. The van der Waals surface area contributed by atoms with Crippen LogP contribution in [0.3, 0.4) is 0 Å². The summed E-state index contributed by atoms with van der Waals surface area (Å²) in [4.78, 5) is 12.3. The number of rotatable bonds is 6. The Kier molecular flexibility index (Phi) is 5.52. The molecule has 0 radical (unpaired) electrons. The fourth-order valence-corrected chi connectivity index (χ4v) is 3.07. The van der Waals surface area contributed by atoms with Crippen LogP contribution < -0.4 is 14.2 Å². The van der Waals surface area contributed by atoms with Gasteiger partial charge in [0.2, 0.25) is 0 Å². The van der Waals surface area contributed by atoms with Gasteiger partial charge in [-0.2, -0.15) is 0 Å². The average Bonchev–Trinajstić information content (AvgIpc) is 3.15. The first-order valence-corrected chi connectivity index (χ1v) is 9.37. The molecule has 1 heterocycles. The molecule has 0 saturated heterocycles. The smallest absolute Gasteiger partial charge is 0.343 e. The lowest BCUT2D eigenvalue weighted by Crippen LogP contribution is -1.97. The Morgan fingerprint density at radius 3 is 2.20 bits per heavy atom. The van der Waals surface area contributed by atoms with Crippen LogP contribution in [0.4, 0.5) is 0 Å². The van der Waals surface area contributed by atoms with Crippen molar-refractivity contribution in [2.45, 2.75) is 0 Å². The topological polar surface area (TPSA) is 54.0 Å². The van der Waals surface area contributed by atoms with Gasteiger partial charge in [-0.3, -0.25) is 0 Å². The second-order valence-corrected chi connectivity index (χ2v) is 6.55. The molecular formula is C25H20O5. The molecule has 1 aliphatic rings. The molecule has 5 nitrogen and oxygen atoms in total. The van der Waals surface area contributed by atoms with Crippen molar-refractivity contribution in [3.8, 4) is 23.0 Å². The number of carbonyl (C=O) groups excluding carboxylic acids is 1. The third-order valence-electron chi connectivity index (χ3n) is 4.57. The summed E-state index contributed by atoms with van der Waals surface area (Å²) >= 11 is 0. The van der Waals surface area contributed by atoms with Gasteiger partial charge in [-0.1, -0.05) is 24.3 Å². The largest absolute Gasteiger partial charge is 0.493 e. The van der Waals surface area contributed by atoms with Crippen molar-refractivity contribution in [1.82, 2.24) is 0 Å². The molecule has 0 N–H and O–H groups in total. The third kappa shape index (κ3) is 4.20. The monoisotopic (exact) mass is 400 g/mol. The van der Waals surface area contributed by atoms with E-state index in [4.69, 9.17) is 18.9 Å². The lowest BCUT2D eigenvalue weighted by molar-refractivity contribution is -0.130. The molecule has 0 atom stereocenters. The molecular weight excluding hydrogens is 380 g/mol. The quantitative estimate of drug-likeness (QED) is 0.405. The number of ether oxygens (including phenoxy) is 4. The van der Waals surface area contributed by atoms with Crippen molar-refractivity contribution in [3.05, 3.63) is 95.6 Å². The molecule has 3 aromatic carbocycles. The minimum atomic E-state index is -0.399. The summed E-state index contributed by atoms with van der Waals surface area (Å²) in [7, 11) is 3.15. The number of methoxy groups -OCH3 is 2. The minimum absolute atomic E-state index is 0.399. The molecule has 150 valence electrons. The van der Waals surface area contributed by atoms with E-state index in [-0.39, 0.29) is 0 Å². The van der Waals surface area contributed by atoms with Crippen LogP contribution in [-0.2, 0) is 9.53 Å². The van der Waals surface area contributed by atoms with E-state index in [1.807, 2.05) is 60.7 Å². The van der Waals surface area contributed by atoms with Crippen LogP contribution in [0.15, 0.2) is 84.4 Å². The fourth-order valence-electron chi connectivity index (χ4n) is 3.07. The lowest BCUT2D eigenvalue weighted by Gasteiger charge is -2.07. The van der Waals surface area contributed by atoms with Crippen molar-refractivity contribution in [2.24, 2.45) is 0 Å². The average molecular weight is 400 g/mol. The summed E-state index contributed by atoms with van der Waals surface area (Å²) in [6, 6.07) is 22.4. The van der Waals surface area contributed by atoms with Gasteiger partial charge < -0.3 is 18.9 Å². The molecule has 0 spiro atoms. The first-order chi connectivity index (χ1) is 14.7. The summed E-state index contributed by atoms with van der Waals surface area (Å²) < 4.78 is 21.8. The molecule has 0 aliphatic carbocycles. The van der Waals surface area contributed by atoms with Crippen LogP contribution in [0.5, 0.6) is 23.0 Å². The van der Waals surface area contributed by atoms with Crippen molar-refractivity contribution in [2.75, 3.05) is 14.2 Å². The SMILES string of the molecule is COc1ccc(/C=C2\C=C(c3ccc(Oc4ccccc4)cc3)OC2=O)cc1OC. The number of esters is 1. The van der Waals surface area contributed by atoms with Gasteiger partial charge in [-0.25, -0.2) is 4.79 Å². The maximum atomic E-state index is 12.3. The van der Waals surface area contributed by atoms with E-state index in [1.165, 1.54) is 0 Å². The molecule has 0 saturated carbocycles. The summed E-state index contributed by atoms with van der Waals surface area (Å²) in [6.07, 6.45) is 3.48. The highest BCUT2D eigenvalue weighted by Crippen LogP contribution is 2.32. The minimum Gasteiger partial charge on any atom is -0.493 e. The summed E-state index contributed by atoms with van der Waals surface area (Å²) in [5, 5.41) is 0. The second-order valence-electron chi connectivity index (χ2n) is 6.55. The highest BCUT2D eigenvalue weighted by molar-refractivity contribution is 6.05. The number of cyclic esters (lactones) is 1. The molecule has 0 fully saturated rings. The number of para-hydroxylation sites is 1. The van der Waals surface area contributed by atoms with Crippen LogP contribution >= 0.6 is 0 Å². The molecule has 0 bridgehead atoms. The van der Waals surface area contributed by atoms with Crippen LogP contribution in [0.2, 0.25) is 0 Å². The van der Waals surface area contributed by atoms with Gasteiger partial charge in [-0.05, 0) is 66.2 Å². The summed E-state index contributed by atoms with van der Waals surface area (Å²) in [5.41, 5.74) is 2.06. The van der Waals surface area contributed by atoms with E-state index in [1.54, 1.807) is 38.5 Å². The zero-order valence-corrected chi connectivity index (χ0v) is 16.6. The number of hydrogen-bond donors (Lipinski definition) is 0. The summed E-state index contributed by atoms with van der Waals surface area (Å²) in [6.45, 7) is 0. The molecule has 1 aliphatic heterocycles. The number of hydrogen-bond acceptors (Lipinski definition) is 5. The Balaban J connectivity index is 1.54. The number of benzene rings is 3. The first kappa shape index (κ1) is 19.3. The Morgan fingerprint density at radius 2 is 1.50 bits per heavy atom. The fraction of sp³-hybridized carbons (Fsp3) is 0.0800. The van der Waals surface area contributed by atoms with E-state index in [0.29, 0.717) is 28.6 Å². The van der Waals surface area contributed by atoms with E-state index in [2.05, 4.69) is 0 Å². The molecule has 3 aromatic rings. The molecule has 0 unspecified atom stereocenters. The van der Waals surface area contributed by atoms with E-state index >= 15 is 0 Å². The van der Waals surface area contributed by atoms with Gasteiger partial charge in [-0.15, -0.1) is 0 Å². The van der Waals surface area contributed by atoms with Gasteiger partial charge in [0.25, 0.3) is 0 Å².